The summed E-state index contributed by atoms with van der Waals surface area (Å²) in [6.07, 6.45) is 5.72. The van der Waals surface area contributed by atoms with Crippen molar-refractivity contribution < 1.29 is 4.74 Å². The highest BCUT2D eigenvalue weighted by atomic mass is 35.5. The van der Waals surface area contributed by atoms with Crippen molar-refractivity contribution in [3.05, 3.63) is 29.0 Å². The zero-order valence-electron chi connectivity index (χ0n) is 11.4. The largest absolute Gasteiger partial charge is 0.374 e. The van der Waals surface area contributed by atoms with Crippen molar-refractivity contribution in [2.45, 2.75) is 52.7 Å². The van der Waals surface area contributed by atoms with Crippen LogP contribution in [0.2, 0.25) is 5.15 Å². The monoisotopic (exact) mass is 267 g/mol. The van der Waals surface area contributed by atoms with E-state index >= 15 is 0 Å². The number of rotatable bonds is 3. The summed E-state index contributed by atoms with van der Waals surface area (Å²) in [4.78, 5) is 3.98. The van der Waals surface area contributed by atoms with Crippen LogP contribution in [0.25, 0.3) is 0 Å². The predicted molar refractivity (Wildman–Crippen MR) is 74.6 cm³/mol. The molecular formula is C15H22ClNO. The van der Waals surface area contributed by atoms with Crippen molar-refractivity contribution in [3.8, 4) is 0 Å². The van der Waals surface area contributed by atoms with E-state index in [0.717, 1.165) is 17.9 Å². The van der Waals surface area contributed by atoms with Gasteiger partial charge in [-0.2, -0.15) is 0 Å². The second-order valence-corrected chi connectivity index (χ2v) is 6.72. The smallest absolute Gasteiger partial charge is 0.129 e. The molecule has 2 rings (SSSR count). The minimum Gasteiger partial charge on any atom is -0.374 e. The molecule has 0 N–H and O–H groups in total. The molecule has 1 aromatic rings. The highest BCUT2D eigenvalue weighted by Crippen LogP contribution is 2.39. The van der Waals surface area contributed by atoms with Crippen molar-refractivity contribution in [2.24, 2.45) is 11.3 Å². The Hall–Kier alpha value is -0.600. The maximum Gasteiger partial charge on any atom is 0.129 e. The molecule has 2 unspecified atom stereocenters. The lowest BCUT2D eigenvalue weighted by atomic mass is 9.71. The molecule has 0 spiro atoms. The molecular weight excluding hydrogens is 246 g/mol. The predicted octanol–water partition coefficient (Wildman–Crippen LogP) is 4.47. The molecule has 1 aliphatic carbocycles. The summed E-state index contributed by atoms with van der Waals surface area (Å²) in [5, 5.41) is 0.536. The fraction of sp³-hybridized carbons (Fsp3) is 0.667. The number of pyridine rings is 1. The molecule has 18 heavy (non-hydrogen) atoms. The summed E-state index contributed by atoms with van der Waals surface area (Å²) in [5.41, 5.74) is 1.50. The van der Waals surface area contributed by atoms with Crippen LogP contribution in [0, 0.1) is 11.3 Å². The third-order valence-electron chi connectivity index (χ3n) is 3.62. The SMILES string of the molecule is CC1CC(OCc2ccnc(Cl)c2)CC(C)(C)C1. The molecule has 0 saturated heterocycles. The molecule has 0 aliphatic heterocycles. The van der Waals surface area contributed by atoms with Crippen LogP contribution in [-0.4, -0.2) is 11.1 Å². The lowest BCUT2D eigenvalue weighted by Crippen LogP contribution is -2.32. The van der Waals surface area contributed by atoms with Crippen molar-refractivity contribution in [2.75, 3.05) is 0 Å². The van der Waals surface area contributed by atoms with E-state index in [9.17, 15) is 0 Å². The average Bonchev–Trinajstić information content (AvgIpc) is 2.24. The molecule has 1 fully saturated rings. The van der Waals surface area contributed by atoms with Gasteiger partial charge in [-0.3, -0.25) is 0 Å². The molecule has 2 atom stereocenters. The standard InChI is InChI=1S/C15H22ClNO/c1-11-6-13(9-15(2,3)8-11)18-10-12-4-5-17-14(16)7-12/h4-5,7,11,13H,6,8-10H2,1-3H3. The van der Waals surface area contributed by atoms with E-state index in [2.05, 4.69) is 25.8 Å². The number of hydrogen-bond acceptors (Lipinski definition) is 2. The Morgan fingerprint density at radius 3 is 2.89 bits per heavy atom. The van der Waals surface area contributed by atoms with E-state index in [1.165, 1.54) is 12.8 Å². The lowest BCUT2D eigenvalue weighted by molar-refractivity contribution is -0.0316. The average molecular weight is 268 g/mol. The molecule has 2 nitrogen and oxygen atoms in total. The normalized spacial score (nSPS) is 27.1. The maximum atomic E-state index is 6.04. The van der Waals surface area contributed by atoms with Gasteiger partial charge in [0.1, 0.15) is 5.15 Å². The van der Waals surface area contributed by atoms with Crippen molar-refractivity contribution >= 4 is 11.6 Å². The van der Waals surface area contributed by atoms with Crippen LogP contribution in [0.1, 0.15) is 45.6 Å². The Bertz CT molecular complexity index is 405. The van der Waals surface area contributed by atoms with Gasteiger partial charge in [0.25, 0.3) is 0 Å². The molecule has 100 valence electrons. The minimum atomic E-state index is 0.371. The first-order valence-electron chi connectivity index (χ1n) is 6.67. The van der Waals surface area contributed by atoms with Gasteiger partial charge in [-0.05, 0) is 48.3 Å². The molecule has 1 aliphatic rings. The lowest BCUT2D eigenvalue weighted by Gasteiger charge is -2.38. The van der Waals surface area contributed by atoms with Crippen molar-refractivity contribution in [3.63, 3.8) is 0 Å². The number of nitrogens with zero attached hydrogens (tertiary/aromatic N) is 1. The summed E-state index contributed by atoms with van der Waals surface area (Å²) in [5.74, 6) is 0.750. The number of ether oxygens (including phenoxy) is 1. The molecule has 0 aromatic carbocycles. The van der Waals surface area contributed by atoms with Crippen LogP contribution in [0.3, 0.4) is 0 Å². The zero-order valence-corrected chi connectivity index (χ0v) is 12.2. The number of halogens is 1. The van der Waals surface area contributed by atoms with E-state index < -0.39 is 0 Å². The summed E-state index contributed by atoms with van der Waals surface area (Å²) in [7, 11) is 0. The first kappa shape index (κ1) is 13.8. The van der Waals surface area contributed by atoms with E-state index in [1.807, 2.05) is 12.1 Å². The second-order valence-electron chi connectivity index (χ2n) is 6.33. The Balaban J connectivity index is 1.90. The van der Waals surface area contributed by atoms with Gasteiger partial charge in [0.15, 0.2) is 0 Å². The number of hydrogen-bond donors (Lipinski definition) is 0. The topological polar surface area (TPSA) is 22.1 Å². The molecule has 0 radical (unpaired) electrons. The quantitative estimate of drug-likeness (QED) is 0.754. The summed E-state index contributed by atoms with van der Waals surface area (Å²) in [6.45, 7) is 7.63. The van der Waals surface area contributed by atoms with Crippen molar-refractivity contribution in [1.82, 2.24) is 4.98 Å². The Morgan fingerprint density at radius 1 is 1.44 bits per heavy atom. The van der Waals surface area contributed by atoms with E-state index in [1.54, 1.807) is 6.20 Å². The summed E-state index contributed by atoms with van der Waals surface area (Å²) in [6, 6.07) is 3.84. The maximum absolute atomic E-state index is 6.04. The molecule has 3 heteroatoms. The molecule has 0 bridgehead atoms. The van der Waals surface area contributed by atoms with Crippen LogP contribution < -0.4 is 0 Å². The Labute approximate surface area is 115 Å². The van der Waals surface area contributed by atoms with Crippen molar-refractivity contribution in [1.29, 1.82) is 0 Å². The van der Waals surface area contributed by atoms with Gasteiger partial charge in [0.05, 0.1) is 12.7 Å². The van der Waals surface area contributed by atoms with Crippen LogP contribution in [0.4, 0.5) is 0 Å². The zero-order chi connectivity index (χ0) is 13.2. The highest BCUT2D eigenvalue weighted by molar-refractivity contribution is 6.29. The molecule has 1 aromatic heterocycles. The summed E-state index contributed by atoms with van der Waals surface area (Å²) >= 11 is 5.87. The fourth-order valence-corrected chi connectivity index (χ4v) is 3.33. The minimum absolute atomic E-state index is 0.371. The van der Waals surface area contributed by atoms with E-state index in [-0.39, 0.29) is 0 Å². The van der Waals surface area contributed by atoms with Gasteiger partial charge in [-0.25, -0.2) is 4.98 Å². The third-order valence-corrected chi connectivity index (χ3v) is 3.83. The highest BCUT2D eigenvalue weighted by Gasteiger charge is 2.32. The van der Waals surface area contributed by atoms with E-state index in [0.29, 0.717) is 23.3 Å². The van der Waals surface area contributed by atoms with Crippen LogP contribution >= 0.6 is 11.6 Å². The number of aromatic nitrogens is 1. The summed E-state index contributed by atoms with van der Waals surface area (Å²) < 4.78 is 6.04. The van der Waals surface area contributed by atoms with Gasteiger partial charge in [0, 0.05) is 6.20 Å². The first-order chi connectivity index (χ1) is 8.44. The van der Waals surface area contributed by atoms with Crippen LogP contribution in [-0.2, 0) is 11.3 Å². The molecule has 1 heterocycles. The van der Waals surface area contributed by atoms with E-state index in [4.69, 9.17) is 16.3 Å². The van der Waals surface area contributed by atoms with Crippen LogP contribution in [0.5, 0.6) is 0 Å². The van der Waals surface area contributed by atoms with Gasteiger partial charge < -0.3 is 4.74 Å². The Kier molecular flexibility index (Phi) is 4.29. The second kappa shape index (κ2) is 5.58. The van der Waals surface area contributed by atoms with Crippen LogP contribution in [0.15, 0.2) is 18.3 Å². The van der Waals surface area contributed by atoms with Gasteiger partial charge >= 0.3 is 0 Å². The first-order valence-corrected chi connectivity index (χ1v) is 7.04. The Morgan fingerprint density at radius 2 is 2.22 bits per heavy atom. The fourth-order valence-electron chi connectivity index (χ4n) is 3.13. The van der Waals surface area contributed by atoms with Gasteiger partial charge in [-0.1, -0.05) is 32.4 Å². The van der Waals surface area contributed by atoms with Gasteiger partial charge in [-0.15, -0.1) is 0 Å². The molecule has 0 amide bonds. The molecule has 1 saturated carbocycles. The van der Waals surface area contributed by atoms with Gasteiger partial charge in [0.2, 0.25) is 0 Å². The third kappa shape index (κ3) is 3.96.